The van der Waals surface area contributed by atoms with Crippen molar-refractivity contribution in [3.63, 3.8) is 0 Å². The molecular formula is C12H18N4. The number of rotatable bonds is 1. The van der Waals surface area contributed by atoms with E-state index in [4.69, 9.17) is 5.73 Å². The molecule has 2 aromatic rings. The fraction of sp³-hybridized carbons (Fsp3) is 0.500. The largest absolute Gasteiger partial charge is 0.324 e. The molecule has 1 atom stereocenters. The monoisotopic (exact) mass is 218 g/mol. The van der Waals surface area contributed by atoms with E-state index in [1.54, 1.807) is 0 Å². The summed E-state index contributed by atoms with van der Waals surface area (Å²) in [6, 6.07) is 4.04. The lowest BCUT2D eigenvalue weighted by atomic mass is 9.96. The first-order chi connectivity index (χ1) is 7.39. The Morgan fingerprint density at radius 3 is 2.56 bits per heavy atom. The molecule has 0 aliphatic heterocycles. The van der Waals surface area contributed by atoms with E-state index in [-0.39, 0.29) is 11.5 Å². The molecule has 4 nitrogen and oxygen atoms in total. The molecule has 0 saturated carbocycles. The molecular weight excluding hydrogens is 200 g/mol. The smallest absolute Gasteiger partial charge is 0.161 e. The minimum absolute atomic E-state index is 0.00470. The number of pyridine rings is 1. The van der Waals surface area contributed by atoms with E-state index >= 15 is 0 Å². The minimum Gasteiger partial charge on any atom is -0.324 e. The summed E-state index contributed by atoms with van der Waals surface area (Å²) < 4.78 is 2.02. The Morgan fingerprint density at radius 2 is 2.00 bits per heavy atom. The highest BCUT2D eigenvalue weighted by Crippen LogP contribution is 2.21. The van der Waals surface area contributed by atoms with Crippen LogP contribution < -0.4 is 5.73 Å². The van der Waals surface area contributed by atoms with E-state index in [9.17, 15) is 0 Å². The quantitative estimate of drug-likeness (QED) is 0.797. The van der Waals surface area contributed by atoms with Gasteiger partial charge in [-0.15, -0.1) is 10.2 Å². The Bertz CT molecular complexity index is 505. The molecule has 0 aliphatic carbocycles. The third kappa shape index (κ3) is 1.80. The molecule has 86 valence electrons. The first-order valence-electron chi connectivity index (χ1n) is 5.50. The van der Waals surface area contributed by atoms with Gasteiger partial charge in [-0.1, -0.05) is 20.8 Å². The van der Waals surface area contributed by atoms with Crippen LogP contribution in [0.5, 0.6) is 0 Å². The van der Waals surface area contributed by atoms with Gasteiger partial charge in [0.05, 0.1) is 0 Å². The van der Waals surface area contributed by atoms with Crippen LogP contribution in [0.25, 0.3) is 5.65 Å². The van der Waals surface area contributed by atoms with Crippen LogP contribution in [-0.4, -0.2) is 14.6 Å². The summed E-state index contributed by atoms with van der Waals surface area (Å²) in [7, 11) is 0. The lowest BCUT2D eigenvalue weighted by molar-refractivity contribution is 0.538. The van der Waals surface area contributed by atoms with Crippen LogP contribution in [-0.2, 0) is 5.41 Å². The maximum Gasteiger partial charge on any atom is 0.161 e. The lowest BCUT2D eigenvalue weighted by Gasteiger charge is -2.15. The van der Waals surface area contributed by atoms with E-state index in [0.717, 1.165) is 17.0 Å². The summed E-state index contributed by atoms with van der Waals surface area (Å²) in [4.78, 5) is 0. The standard InChI is InChI=1S/C12H18N4/c1-8(13)9-5-6-16-10(7-9)14-15-11(16)12(2,3)4/h5-8H,13H2,1-4H3. The van der Waals surface area contributed by atoms with Crippen molar-refractivity contribution >= 4 is 5.65 Å². The van der Waals surface area contributed by atoms with Crippen molar-refractivity contribution in [3.05, 3.63) is 29.7 Å². The SMILES string of the molecule is CC(N)c1ccn2c(C(C)(C)C)nnc2c1. The third-order valence-corrected chi connectivity index (χ3v) is 2.63. The predicted octanol–water partition coefficient (Wildman–Crippen LogP) is 2.05. The van der Waals surface area contributed by atoms with Crippen LogP contribution in [0.4, 0.5) is 0 Å². The summed E-state index contributed by atoms with van der Waals surface area (Å²) in [6.45, 7) is 8.35. The Hall–Kier alpha value is -1.42. The van der Waals surface area contributed by atoms with Gasteiger partial charge in [0, 0.05) is 17.7 Å². The highest BCUT2D eigenvalue weighted by molar-refractivity contribution is 5.42. The maximum absolute atomic E-state index is 5.84. The first-order valence-corrected chi connectivity index (χ1v) is 5.50. The molecule has 16 heavy (non-hydrogen) atoms. The number of nitrogens with zero attached hydrogens (tertiary/aromatic N) is 3. The summed E-state index contributed by atoms with van der Waals surface area (Å²) in [5.41, 5.74) is 7.78. The fourth-order valence-electron chi connectivity index (χ4n) is 1.70. The van der Waals surface area contributed by atoms with Gasteiger partial charge < -0.3 is 5.73 Å². The average Bonchev–Trinajstić information content (AvgIpc) is 2.58. The van der Waals surface area contributed by atoms with Crippen LogP contribution in [0, 0.1) is 0 Å². The van der Waals surface area contributed by atoms with Crippen LogP contribution in [0.3, 0.4) is 0 Å². The highest BCUT2D eigenvalue weighted by atomic mass is 15.2. The molecule has 4 heteroatoms. The van der Waals surface area contributed by atoms with E-state index in [1.807, 2.05) is 29.7 Å². The lowest BCUT2D eigenvalue weighted by Crippen LogP contribution is -2.16. The minimum atomic E-state index is -0.00470. The Kier molecular flexibility index (Phi) is 2.46. The van der Waals surface area contributed by atoms with E-state index in [0.29, 0.717) is 0 Å². The van der Waals surface area contributed by atoms with Gasteiger partial charge in [0.25, 0.3) is 0 Å². The summed E-state index contributed by atoms with van der Waals surface area (Å²) in [5.74, 6) is 0.971. The van der Waals surface area contributed by atoms with Gasteiger partial charge >= 0.3 is 0 Å². The van der Waals surface area contributed by atoms with Crippen molar-refractivity contribution in [1.82, 2.24) is 14.6 Å². The van der Waals surface area contributed by atoms with Crippen LogP contribution in [0.15, 0.2) is 18.3 Å². The molecule has 2 N–H and O–H groups in total. The van der Waals surface area contributed by atoms with Crippen molar-refractivity contribution in [1.29, 1.82) is 0 Å². The number of nitrogens with two attached hydrogens (primary N) is 1. The molecule has 2 heterocycles. The molecule has 0 aliphatic rings. The van der Waals surface area contributed by atoms with Gasteiger partial charge in [-0.3, -0.25) is 4.40 Å². The van der Waals surface area contributed by atoms with Crippen molar-refractivity contribution in [2.75, 3.05) is 0 Å². The zero-order valence-corrected chi connectivity index (χ0v) is 10.2. The van der Waals surface area contributed by atoms with Crippen molar-refractivity contribution in [3.8, 4) is 0 Å². The normalized spacial score (nSPS) is 14.3. The van der Waals surface area contributed by atoms with Crippen LogP contribution in [0.2, 0.25) is 0 Å². The summed E-state index contributed by atoms with van der Waals surface area (Å²) in [6.07, 6.45) is 1.99. The zero-order chi connectivity index (χ0) is 11.9. The van der Waals surface area contributed by atoms with Gasteiger partial charge in [-0.25, -0.2) is 0 Å². The van der Waals surface area contributed by atoms with Crippen LogP contribution >= 0.6 is 0 Å². The topological polar surface area (TPSA) is 56.2 Å². The number of hydrogen-bond donors (Lipinski definition) is 1. The van der Waals surface area contributed by atoms with Crippen LogP contribution in [0.1, 0.15) is 45.1 Å². The Morgan fingerprint density at radius 1 is 1.31 bits per heavy atom. The maximum atomic E-state index is 5.84. The fourth-order valence-corrected chi connectivity index (χ4v) is 1.70. The first kappa shape index (κ1) is 11.1. The zero-order valence-electron chi connectivity index (χ0n) is 10.2. The molecule has 0 aromatic carbocycles. The van der Waals surface area contributed by atoms with E-state index in [2.05, 4.69) is 31.0 Å². The molecule has 2 aromatic heterocycles. The summed E-state index contributed by atoms with van der Waals surface area (Å²) >= 11 is 0. The second-order valence-corrected chi connectivity index (χ2v) is 5.25. The van der Waals surface area contributed by atoms with E-state index in [1.165, 1.54) is 0 Å². The molecule has 2 rings (SSSR count). The molecule has 0 saturated heterocycles. The highest BCUT2D eigenvalue weighted by Gasteiger charge is 2.20. The second kappa shape index (κ2) is 3.56. The molecule has 0 amide bonds. The number of hydrogen-bond acceptors (Lipinski definition) is 3. The molecule has 0 spiro atoms. The number of aromatic nitrogens is 3. The molecule has 0 fully saturated rings. The van der Waals surface area contributed by atoms with Crippen molar-refractivity contribution in [2.24, 2.45) is 5.73 Å². The summed E-state index contributed by atoms with van der Waals surface area (Å²) in [5, 5.41) is 8.42. The second-order valence-electron chi connectivity index (χ2n) is 5.25. The van der Waals surface area contributed by atoms with Gasteiger partial charge in [0.1, 0.15) is 5.82 Å². The van der Waals surface area contributed by atoms with Gasteiger partial charge in [-0.05, 0) is 24.6 Å². The van der Waals surface area contributed by atoms with Gasteiger partial charge in [-0.2, -0.15) is 0 Å². The molecule has 0 bridgehead atoms. The van der Waals surface area contributed by atoms with Gasteiger partial charge in [0.2, 0.25) is 0 Å². The average molecular weight is 218 g/mol. The Balaban J connectivity index is 2.59. The van der Waals surface area contributed by atoms with E-state index < -0.39 is 0 Å². The van der Waals surface area contributed by atoms with Crippen molar-refractivity contribution < 1.29 is 0 Å². The molecule has 1 unspecified atom stereocenters. The predicted molar refractivity (Wildman–Crippen MR) is 64.3 cm³/mol. The Labute approximate surface area is 95.5 Å². The van der Waals surface area contributed by atoms with Gasteiger partial charge in [0.15, 0.2) is 5.65 Å². The number of fused-ring (bicyclic) bond motifs is 1. The third-order valence-electron chi connectivity index (χ3n) is 2.63. The van der Waals surface area contributed by atoms with Crippen molar-refractivity contribution in [2.45, 2.75) is 39.2 Å². The molecule has 0 radical (unpaired) electrons.